The monoisotopic (exact) mass is 351 g/mol. The van der Waals surface area contributed by atoms with Crippen LogP contribution in [0.25, 0.3) is 0 Å². The Kier molecular flexibility index (Phi) is 7.46. The van der Waals surface area contributed by atoms with Crippen LogP contribution in [-0.4, -0.2) is 70.4 Å². The molecule has 0 aromatic heterocycles. The fourth-order valence-corrected chi connectivity index (χ4v) is 3.46. The highest BCUT2D eigenvalue weighted by atomic mass is 16.4. The van der Waals surface area contributed by atoms with Crippen LogP contribution in [0.15, 0.2) is 12.3 Å². The van der Waals surface area contributed by atoms with Crippen LogP contribution in [0.1, 0.15) is 46.0 Å². The van der Waals surface area contributed by atoms with Crippen LogP contribution in [0.3, 0.4) is 0 Å². The molecule has 25 heavy (non-hydrogen) atoms. The van der Waals surface area contributed by atoms with Gasteiger partial charge in [-0.25, -0.2) is 0 Å². The predicted octanol–water partition coefficient (Wildman–Crippen LogP) is 0.130. The second kappa shape index (κ2) is 9.36. The standard InChI is InChI=1S/C17H30BN3O4/c1-13(2)10-15(18(24)25)19-16(22)12-21-9-6-14(11-17(21)23)20-7-4-3-5-8-20/h6,9,13-15,24-25H,3-5,7-8,10-12H2,1-2H3,(H,19,22)/t14?,15-/m0/s1. The van der Waals surface area contributed by atoms with Crippen molar-refractivity contribution in [1.29, 1.82) is 0 Å². The molecule has 2 heterocycles. The average Bonchev–Trinajstić information content (AvgIpc) is 2.56. The Morgan fingerprint density at radius 1 is 1.32 bits per heavy atom. The Bertz CT molecular complexity index is 492. The summed E-state index contributed by atoms with van der Waals surface area (Å²) in [5.74, 6) is -0.960. The molecular weight excluding hydrogens is 321 g/mol. The number of amides is 2. The summed E-state index contributed by atoms with van der Waals surface area (Å²) in [6.07, 6.45) is 8.13. The molecule has 7 nitrogen and oxygen atoms in total. The third kappa shape index (κ3) is 6.13. The number of carbonyl (C=O) groups is 2. The van der Waals surface area contributed by atoms with E-state index < -0.39 is 13.1 Å². The minimum Gasteiger partial charge on any atom is -0.426 e. The van der Waals surface area contributed by atoms with Crippen molar-refractivity contribution >= 4 is 18.9 Å². The van der Waals surface area contributed by atoms with Crippen molar-refractivity contribution in [3.63, 3.8) is 0 Å². The quantitative estimate of drug-likeness (QED) is 0.567. The first-order valence-electron chi connectivity index (χ1n) is 9.24. The minimum absolute atomic E-state index is 0.0711. The minimum atomic E-state index is -1.61. The SMILES string of the molecule is CC(C)C[C@H](NC(=O)CN1C=CC(N2CCCCC2)CC1=O)B(O)O. The highest BCUT2D eigenvalue weighted by Crippen LogP contribution is 2.19. The Balaban J connectivity index is 1.87. The molecule has 2 aliphatic rings. The molecule has 2 atom stereocenters. The van der Waals surface area contributed by atoms with Crippen LogP contribution in [-0.2, 0) is 9.59 Å². The Labute approximate surface area is 150 Å². The van der Waals surface area contributed by atoms with E-state index in [1.54, 1.807) is 6.20 Å². The van der Waals surface area contributed by atoms with Crippen LogP contribution in [0.5, 0.6) is 0 Å². The van der Waals surface area contributed by atoms with Crippen molar-refractivity contribution in [2.45, 2.75) is 57.9 Å². The molecule has 1 unspecified atom stereocenters. The molecule has 3 N–H and O–H groups in total. The lowest BCUT2D eigenvalue weighted by Crippen LogP contribution is -2.51. The fraction of sp³-hybridized carbons (Fsp3) is 0.765. The van der Waals surface area contributed by atoms with Crippen molar-refractivity contribution in [3.8, 4) is 0 Å². The van der Waals surface area contributed by atoms with Crippen LogP contribution in [0, 0.1) is 5.92 Å². The highest BCUT2D eigenvalue weighted by molar-refractivity contribution is 6.43. The highest BCUT2D eigenvalue weighted by Gasteiger charge is 2.30. The average molecular weight is 351 g/mol. The van der Waals surface area contributed by atoms with Gasteiger partial charge in [-0.15, -0.1) is 0 Å². The molecule has 140 valence electrons. The Morgan fingerprint density at radius 3 is 2.56 bits per heavy atom. The van der Waals surface area contributed by atoms with Crippen molar-refractivity contribution in [2.24, 2.45) is 5.92 Å². The third-order valence-corrected chi connectivity index (χ3v) is 4.80. The molecule has 0 saturated carbocycles. The number of carbonyl (C=O) groups excluding carboxylic acids is 2. The molecule has 0 bridgehead atoms. The second-order valence-corrected chi connectivity index (χ2v) is 7.45. The van der Waals surface area contributed by atoms with Gasteiger partial charge in [0, 0.05) is 18.7 Å². The Morgan fingerprint density at radius 2 is 2.00 bits per heavy atom. The van der Waals surface area contributed by atoms with Gasteiger partial charge in [0.1, 0.15) is 6.54 Å². The largest absolute Gasteiger partial charge is 0.475 e. The predicted molar refractivity (Wildman–Crippen MR) is 96.3 cm³/mol. The first-order valence-corrected chi connectivity index (χ1v) is 9.24. The molecular formula is C17H30BN3O4. The summed E-state index contributed by atoms with van der Waals surface area (Å²) in [5.41, 5.74) is 0. The summed E-state index contributed by atoms with van der Waals surface area (Å²) in [7, 11) is -1.61. The first-order chi connectivity index (χ1) is 11.9. The molecule has 0 radical (unpaired) electrons. The summed E-state index contributed by atoms with van der Waals surface area (Å²) in [6, 6.07) is 0.125. The summed E-state index contributed by atoms with van der Waals surface area (Å²) in [4.78, 5) is 28.3. The number of nitrogens with one attached hydrogen (secondary N) is 1. The van der Waals surface area contributed by atoms with E-state index in [0.29, 0.717) is 12.8 Å². The third-order valence-electron chi connectivity index (χ3n) is 4.80. The van der Waals surface area contributed by atoms with E-state index in [9.17, 15) is 19.6 Å². The normalized spacial score (nSPS) is 23.0. The smallest absolute Gasteiger partial charge is 0.426 e. The number of piperidine rings is 1. The van der Waals surface area contributed by atoms with Crippen LogP contribution in [0.4, 0.5) is 0 Å². The molecule has 8 heteroatoms. The lowest BCUT2D eigenvalue weighted by molar-refractivity contribution is -0.135. The van der Waals surface area contributed by atoms with Crippen molar-refractivity contribution in [2.75, 3.05) is 19.6 Å². The molecule has 0 aliphatic carbocycles. The van der Waals surface area contributed by atoms with E-state index in [-0.39, 0.29) is 30.3 Å². The maximum Gasteiger partial charge on any atom is 0.475 e. The van der Waals surface area contributed by atoms with E-state index in [2.05, 4.69) is 10.2 Å². The van der Waals surface area contributed by atoms with Crippen LogP contribution >= 0.6 is 0 Å². The van der Waals surface area contributed by atoms with Gasteiger partial charge >= 0.3 is 7.12 Å². The van der Waals surface area contributed by atoms with Crippen LogP contribution < -0.4 is 5.32 Å². The van der Waals surface area contributed by atoms with E-state index in [1.165, 1.54) is 24.2 Å². The molecule has 1 fully saturated rings. The second-order valence-electron chi connectivity index (χ2n) is 7.45. The zero-order valence-electron chi connectivity index (χ0n) is 15.2. The first kappa shape index (κ1) is 19.9. The van der Waals surface area contributed by atoms with Gasteiger partial charge in [-0.3, -0.25) is 14.5 Å². The molecule has 0 aromatic carbocycles. The molecule has 0 spiro atoms. The van der Waals surface area contributed by atoms with Crippen molar-refractivity contribution in [3.05, 3.63) is 12.3 Å². The van der Waals surface area contributed by atoms with Gasteiger partial charge in [0.2, 0.25) is 11.8 Å². The van der Waals surface area contributed by atoms with Crippen molar-refractivity contribution in [1.82, 2.24) is 15.1 Å². The van der Waals surface area contributed by atoms with Gasteiger partial charge in [-0.1, -0.05) is 26.3 Å². The maximum atomic E-state index is 12.3. The Hall–Kier alpha value is -1.38. The number of likely N-dealkylation sites (tertiary alicyclic amines) is 1. The van der Waals surface area contributed by atoms with Gasteiger partial charge in [-0.05, 0) is 38.3 Å². The molecule has 2 rings (SSSR count). The summed E-state index contributed by atoms with van der Waals surface area (Å²) >= 11 is 0. The van der Waals surface area contributed by atoms with Gasteiger partial charge in [0.25, 0.3) is 0 Å². The number of nitrogens with zero attached hydrogens (tertiary/aromatic N) is 2. The zero-order chi connectivity index (χ0) is 18.4. The summed E-state index contributed by atoms with van der Waals surface area (Å²) < 4.78 is 0. The number of hydrogen-bond donors (Lipinski definition) is 3. The number of rotatable bonds is 7. The van der Waals surface area contributed by atoms with E-state index in [4.69, 9.17) is 0 Å². The maximum absolute atomic E-state index is 12.3. The summed E-state index contributed by atoms with van der Waals surface area (Å²) in [5, 5.41) is 21.4. The lowest BCUT2D eigenvalue weighted by Gasteiger charge is -2.36. The van der Waals surface area contributed by atoms with E-state index in [0.717, 1.165) is 13.1 Å². The number of hydrogen-bond acceptors (Lipinski definition) is 5. The molecule has 2 amide bonds. The summed E-state index contributed by atoms with van der Waals surface area (Å²) in [6.45, 7) is 5.84. The van der Waals surface area contributed by atoms with E-state index in [1.807, 2.05) is 19.9 Å². The van der Waals surface area contributed by atoms with Crippen LogP contribution in [0.2, 0.25) is 0 Å². The van der Waals surface area contributed by atoms with Gasteiger partial charge in [0.05, 0.1) is 5.94 Å². The van der Waals surface area contributed by atoms with Gasteiger partial charge in [0.15, 0.2) is 0 Å². The lowest BCUT2D eigenvalue weighted by atomic mass is 9.75. The molecule has 2 aliphatic heterocycles. The molecule has 0 aromatic rings. The van der Waals surface area contributed by atoms with Gasteiger partial charge in [-0.2, -0.15) is 0 Å². The zero-order valence-corrected chi connectivity index (χ0v) is 15.2. The van der Waals surface area contributed by atoms with E-state index >= 15 is 0 Å². The van der Waals surface area contributed by atoms with Crippen molar-refractivity contribution < 1.29 is 19.6 Å². The van der Waals surface area contributed by atoms with Gasteiger partial charge < -0.3 is 20.3 Å². The topological polar surface area (TPSA) is 93.1 Å². The molecule has 1 saturated heterocycles. The fourth-order valence-electron chi connectivity index (χ4n) is 3.46.